The lowest BCUT2D eigenvalue weighted by atomic mass is 9.99. The molecule has 0 saturated carbocycles. The van der Waals surface area contributed by atoms with Crippen LogP contribution < -0.4 is 0 Å². The van der Waals surface area contributed by atoms with Crippen LogP contribution in [-0.4, -0.2) is 19.0 Å². The van der Waals surface area contributed by atoms with Crippen LogP contribution in [0.1, 0.15) is 36.5 Å². The van der Waals surface area contributed by atoms with E-state index in [-0.39, 0.29) is 5.79 Å². The molecule has 0 unspecified atom stereocenters. The lowest BCUT2D eigenvalue weighted by molar-refractivity contribution is -0.164. The normalized spacial score (nSPS) is 22.4. The Hall–Kier alpha value is -0.860. The van der Waals surface area contributed by atoms with E-state index in [0.29, 0.717) is 0 Å². The van der Waals surface area contributed by atoms with Gasteiger partial charge in [0, 0.05) is 12.8 Å². The second kappa shape index (κ2) is 4.43. The van der Waals surface area contributed by atoms with Crippen molar-refractivity contribution in [1.29, 1.82) is 0 Å². The highest BCUT2D eigenvalue weighted by Gasteiger charge is 2.37. The minimum absolute atomic E-state index is 0.272. The van der Waals surface area contributed by atoms with Crippen LogP contribution in [0.2, 0.25) is 0 Å². The SMILES string of the molecule is CCc1ccc2c(c1)CCC1(CC2)OCCO1. The molecule has 2 aliphatic rings. The van der Waals surface area contributed by atoms with Crippen LogP contribution in [0, 0.1) is 0 Å². The van der Waals surface area contributed by atoms with Crippen LogP contribution in [0.15, 0.2) is 18.2 Å². The van der Waals surface area contributed by atoms with Gasteiger partial charge in [-0.1, -0.05) is 25.1 Å². The fraction of sp³-hybridized carbons (Fsp3) is 0.600. The van der Waals surface area contributed by atoms with Crippen LogP contribution in [0.3, 0.4) is 0 Å². The number of hydrogen-bond acceptors (Lipinski definition) is 2. The second-order valence-electron chi connectivity index (χ2n) is 5.06. The van der Waals surface area contributed by atoms with E-state index in [4.69, 9.17) is 9.47 Å². The summed E-state index contributed by atoms with van der Waals surface area (Å²) in [5.41, 5.74) is 4.42. The predicted octanol–water partition coefficient (Wildman–Crippen LogP) is 2.87. The third kappa shape index (κ3) is 2.12. The molecule has 1 fully saturated rings. The third-order valence-corrected chi connectivity index (χ3v) is 4.04. The lowest BCUT2D eigenvalue weighted by Crippen LogP contribution is -2.30. The van der Waals surface area contributed by atoms with Gasteiger partial charge in [-0.3, -0.25) is 0 Å². The van der Waals surface area contributed by atoms with Gasteiger partial charge in [-0.15, -0.1) is 0 Å². The molecule has 0 amide bonds. The highest BCUT2D eigenvalue weighted by atomic mass is 16.7. The molecule has 1 spiro atoms. The number of benzene rings is 1. The Morgan fingerprint density at radius 3 is 2.47 bits per heavy atom. The van der Waals surface area contributed by atoms with Crippen molar-refractivity contribution < 1.29 is 9.47 Å². The summed E-state index contributed by atoms with van der Waals surface area (Å²) < 4.78 is 11.7. The van der Waals surface area contributed by atoms with Crippen molar-refractivity contribution in [3.05, 3.63) is 34.9 Å². The standard InChI is InChI=1S/C15H20O2/c1-2-12-3-4-13-5-7-15(16-9-10-17-15)8-6-14(13)11-12/h3-4,11H,2,5-10H2,1H3. The molecule has 2 nitrogen and oxygen atoms in total. The summed E-state index contributed by atoms with van der Waals surface area (Å²) in [6.07, 6.45) is 5.30. The Bertz CT molecular complexity index is 405. The predicted molar refractivity (Wildman–Crippen MR) is 67.1 cm³/mol. The van der Waals surface area contributed by atoms with E-state index in [2.05, 4.69) is 25.1 Å². The van der Waals surface area contributed by atoms with E-state index in [1.165, 1.54) is 16.7 Å². The third-order valence-electron chi connectivity index (χ3n) is 4.04. The van der Waals surface area contributed by atoms with Gasteiger partial charge in [0.25, 0.3) is 0 Å². The van der Waals surface area contributed by atoms with Crippen LogP contribution in [-0.2, 0) is 28.7 Å². The molecule has 1 aliphatic carbocycles. The zero-order valence-electron chi connectivity index (χ0n) is 10.5. The molecular weight excluding hydrogens is 212 g/mol. The molecule has 1 aromatic carbocycles. The molecule has 1 aliphatic heterocycles. The average molecular weight is 232 g/mol. The molecule has 0 bridgehead atoms. The minimum atomic E-state index is -0.272. The van der Waals surface area contributed by atoms with E-state index in [9.17, 15) is 0 Å². The number of hydrogen-bond donors (Lipinski definition) is 0. The summed E-state index contributed by atoms with van der Waals surface area (Å²) in [7, 11) is 0. The molecule has 92 valence electrons. The molecule has 17 heavy (non-hydrogen) atoms. The Labute approximate surface area is 103 Å². The first-order chi connectivity index (χ1) is 8.31. The molecule has 0 aromatic heterocycles. The van der Waals surface area contributed by atoms with Crippen LogP contribution in [0.4, 0.5) is 0 Å². The van der Waals surface area contributed by atoms with E-state index in [0.717, 1.165) is 45.3 Å². The van der Waals surface area contributed by atoms with Crippen molar-refractivity contribution in [2.24, 2.45) is 0 Å². The number of aryl methyl sites for hydroxylation is 3. The van der Waals surface area contributed by atoms with Gasteiger partial charge in [0.05, 0.1) is 13.2 Å². The first-order valence-electron chi connectivity index (χ1n) is 6.70. The minimum Gasteiger partial charge on any atom is -0.348 e. The molecule has 2 heteroatoms. The maximum absolute atomic E-state index is 5.83. The van der Waals surface area contributed by atoms with Crippen molar-refractivity contribution in [1.82, 2.24) is 0 Å². The van der Waals surface area contributed by atoms with E-state index < -0.39 is 0 Å². The fourth-order valence-electron chi connectivity index (χ4n) is 2.94. The summed E-state index contributed by atoms with van der Waals surface area (Å²) in [5, 5.41) is 0. The summed E-state index contributed by atoms with van der Waals surface area (Å²) in [6, 6.07) is 6.92. The highest BCUT2D eigenvalue weighted by Crippen LogP contribution is 2.34. The van der Waals surface area contributed by atoms with E-state index in [1.54, 1.807) is 0 Å². The molecule has 0 radical (unpaired) electrons. The average Bonchev–Trinajstić information content (AvgIpc) is 2.75. The molecule has 1 aromatic rings. The monoisotopic (exact) mass is 232 g/mol. The molecule has 0 N–H and O–H groups in total. The zero-order chi connectivity index (χ0) is 11.7. The summed E-state index contributed by atoms with van der Waals surface area (Å²) in [4.78, 5) is 0. The summed E-state index contributed by atoms with van der Waals surface area (Å²) in [6.45, 7) is 3.73. The largest absolute Gasteiger partial charge is 0.348 e. The molecule has 3 rings (SSSR count). The maximum Gasteiger partial charge on any atom is 0.169 e. The number of ether oxygens (including phenoxy) is 2. The van der Waals surface area contributed by atoms with Crippen LogP contribution in [0.5, 0.6) is 0 Å². The van der Waals surface area contributed by atoms with Gasteiger partial charge >= 0.3 is 0 Å². The van der Waals surface area contributed by atoms with Gasteiger partial charge in [-0.25, -0.2) is 0 Å². The summed E-state index contributed by atoms with van der Waals surface area (Å²) >= 11 is 0. The van der Waals surface area contributed by atoms with Crippen molar-refractivity contribution in [3.8, 4) is 0 Å². The van der Waals surface area contributed by atoms with Crippen molar-refractivity contribution in [3.63, 3.8) is 0 Å². The summed E-state index contributed by atoms with van der Waals surface area (Å²) in [5.74, 6) is -0.272. The van der Waals surface area contributed by atoms with Gasteiger partial charge < -0.3 is 9.47 Å². The van der Waals surface area contributed by atoms with Crippen LogP contribution in [0.25, 0.3) is 0 Å². The van der Waals surface area contributed by atoms with Crippen molar-refractivity contribution in [2.45, 2.75) is 44.8 Å². The molecule has 1 saturated heterocycles. The van der Waals surface area contributed by atoms with Gasteiger partial charge in [-0.05, 0) is 36.0 Å². The number of rotatable bonds is 1. The van der Waals surface area contributed by atoms with Crippen molar-refractivity contribution in [2.75, 3.05) is 13.2 Å². The van der Waals surface area contributed by atoms with Gasteiger partial charge in [0.2, 0.25) is 0 Å². The molecule has 0 atom stereocenters. The fourth-order valence-corrected chi connectivity index (χ4v) is 2.94. The number of fused-ring (bicyclic) bond motifs is 1. The maximum atomic E-state index is 5.83. The van der Waals surface area contributed by atoms with E-state index in [1.807, 2.05) is 0 Å². The lowest BCUT2D eigenvalue weighted by Gasteiger charge is -2.25. The zero-order valence-corrected chi connectivity index (χ0v) is 10.5. The van der Waals surface area contributed by atoms with E-state index >= 15 is 0 Å². The Balaban J connectivity index is 1.84. The van der Waals surface area contributed by atoms with Crippen LogP contribution >= 0.6 is 0 Å². The molecular formula is C15H20O2. The second-order valence-corrected chi connectivity index (χ2v) is 5.06. The molecule has 1 heterocycles. The topological polar surface area (TPSA) is 18.5 Å². The smallest absolute Gasteiger partial charge is 0.169 e. The highest BCUT2D eigenvalue weighted by molar-refractivity contribution is 5.33. The Morgan fingerprint density at radius 2 is 1.76 bits per heavy atom. The Kier molecular flexibility index (Phi) is 2.93. The quantitative estimate of drug-likeness (QED) is 0.741. The van der Waals surface area contributed by atoms with Gasteiger partial charge in [0.1, 0.15) is 0 Å². The first-order valence-corrected chi connectivity index (χ1v) is 6.70. The van der Waals surface area contributed by atoms with Gasteiger partial charge in [-0.2, -0.15) is 0 Å². The van der Waals surface area contributed by atoms with Crippen molar-refractivity contribution >= 4 is 0 Å². The Morgan fingerprint density at radius 1 is 1.06 bits per heavy atom. The van der Waals surface area contributed by atoms with Gasteiger partial charge in [0.15, 0.2) is 5.79 Å². The first kappa shape index (κ1) is 11.2.